The molecule has 0 N–H and O–H groups in total. The van der Waals surface area contributed by atoms with E-state index in [-0.39, 0.29) is 0 Å². The van der Waals surface area contributed by atoms with Crippen molar-refractivity contribution in [2.75, 3.05) is 19.6 Å². The fourth-order valence-electron chi connectivity index (χ4n) is 0.912. The zero-order valence-corrected chi connectivity index (χ0v) is 8.28. The minimum absolute atomic E-state index is 0.846. The predicted molar refractivity (Wildman–Crippen MR) is 53.6 cm³/mol. The van der Waals surface area contributed by atoms with Gasteiger partial charge in [-0.1, -0.05) is 18.8 Å². The van der Waals surface area contributed by atoms with Gasteiger partial charge in [-0.3, -0.25) is 4.90 Å². The van der Waals surface area contributed by atoms with Crippen LogP contribution in [0.2, 0.25) is 0 Å². The van der Waals surface area contributed by atoms with Gasteiger partial charge in [-0.15, -0.1) is 11.8 Å². The summed E-state index contributed by atoms with van der Waals surface area (Å²) >= 11 is 0. The van der Waals surface area contributed by atoms with Crippen molar-refractivity contribution in [2.45, 2.75) is 27.2 Å². The summed E-state index contributed by atoms with van der Waals surface area (Å²) in [5.41, 5.74) is 0. The second kappa shape index (κ2) is 8.18. The molecule has 66 valence electrons. The van der Waals surface area contributed by atoms with E-state index in [1.54, 1.807) is 0 Å². The molecule has 0 aromatic heterocycles. The highest BCUT2D eigenvalue weighted by Crippen LogP contribution is 1.88. The summed E-state index contributed by atoms with van der Waals surface area (Å²) in [5, 5.41) is 0. The molecule has 12 heavy (non-hydrogen) atoms. The van der Waals surface area contributed by atoms with Gasteiger partial charge in [0, 0.05) is 0 Å². The van der Waals surface area contributed by atoms with E-state index < -0.39 is 0 Å². The second-order valence-electron chi connectivity index (χ2n) is 2.56. The van der Waals surface area contributed by atoms with E-state index >= 15 is 0 Å². The molecule has 0 aromatic carbocycles. The van der Waals surface area contributed by atoms with Crippen LogP contribution in [0.15, 0.2) is 0 Å². The topological polar surface area (TPSA) is 3.24 Å². The van der Waals surface area contributed by atoms with Gasteiger partial charge in [0.05, 0.1) is 13.1 Å². The Morgan fingerprint density at radius 3 is 1.83 bits per heavy atom. The van der Waals surface area contributed by atoms with E-state index in [2.05, 4.69) is 35.5 Å². The molecule has 0 aliphatic carbocycles. The Balaban J connectivity index is 3.79. The van der Waals surface area contributed by atoms with Gasteiger partial charge >= 0.3 is 0 Å². The molecule has 0 aromatic rings. The van der Waals surface area contributed by atoms with Crippen molar-refractivity contribution in [3.8, 4) is 23.7 Å². The van der Waals surface area contributed by atoms with E-state index in [0.29, 0.717) is 0 Å². The van der Waals surface area contributed by atoms with Crippen molar-refractivity contribution in [3.05, 3.63) is 0 Å². The lowest BCUT2D eigenvalue weighted by Crippen LogP contribution is -2.25. The Morgan fingerprint density at radius 1 is 1.00 bits per heavy atom. The van der Waals surface area contributed by atoms with Crippen molar-refractivity contribution in [2.24, 2.45) is 0 Å². The molecule has 0 rings (SSSR count). The molecule has 0 bridgehead atoms. The smallest absolute Gasteiger partial charge is 0.0609 e. The zero-order valence-electron chi connectivity index (χ0n) is 8.28. The summed E-state index contributed by atoms with van der Waals surface area (Å²) in [6.07, 6.45) is 1.16. The molecule has 0 saturated heterocycles. The molecule has 0 aliphatic heterocycles. The van der Waals surface area contributed by atoms with E-state index in [1.807, 2.05) is 13.8 Å². The van der Waals surface area contributed by atoms with Crippen LogP contribution >= 0.6 is 0 Å². The van der Waals surface area contributed by atoms with Crippen LogP contribution in [0.25, 0.3) is 0 Å². The molecule has 0 heterocycles. The average Bonchev–Trinajstić information content (AvgIpc) is 2.10. The van der Waals surface area contributed by atoms with Crippen LogP contribution in [0.3, 0.4) is 0 Å². The lowest BCUT2D eigenvalue weighted by atomic mass is 10.4. The SMILES string of the molecule is CC#CCN(CC#CC)CCC. The fraction of sp³-hybridized carbons (Fsp3) is 0.636. The monoisotopic (exact) mass is 163 g/mol. The van der Waals surface area contributed by atoms with Gasteiger partial charge in [0.25, 0.3) is 0 Å². The highest BCUT2D eigenvalue weighted by Gasteiger charge is 1.97. The van der Waals surface area contributed by atoms with Gasteiger partial charge in [0.2, 0.25) is 0 Å². The van der Waals surface area contributed by atoms with Crippen molar-refractivity contribution >= 4 is 0 Å². The maximum atomic E-state index is 3.05. The molecular formula is C11H17N. The Kier molecular flexibility index (Phi) is 7.55. The molecular weight excluding hydrogens is 146 g/mol. The Morgan fingerprint density at radius 2 is 1.50 bits per heavy atom. The molecule has 0 unspecified atom stereocenters. The highest BCUT2D eigenvalue weighted by atomic mass is 15.1. The third-order valence-corrected chi connectivity index (χ3v) is 1.50. The van der Waals surface area contributed by atoms with Crippen LogP contribution in [-0.2, 0) is 0 Å². The third kappa shape index (κ3) is 5.83. The number of hydrogen-bond donors (Lipinski definition) is 0. The van der Waals surface area contributed by atoms with E-state index in [1.165, 1.54) is 0 Å². The largest absolute Gasteiger partial charge is 0.281 e. The molecule has 1 heteroatoms. The van der Waals surface area contributed by atoms with Crippen LogP contribution in [-0.4, -0.2) is 24.5 Å². The maximum Gasteiger partial charge on any atom is 0.0609 e. The summed E-state index contributed by atoms with van der Waals surface area (Å²) in [4.78, 5) is 2.26. The first kappa shape index (κ1) is 11.1. The van der Waals surface area contributed by atoms with Gasteiger partial charge in [0.15, 0.2) is 0 Å². The van der Waals surface area contributed by atoms with Crippen LogP contribution in [0.1, 0.15) is 27.2 Å². The summed E-state index contributed by atoms with van der Waals surface area (Å²) in [6.45, 7) is 8.69. The van der Waals surface area contributed by atoms with Gasteiger partial charge < -0.3 is 0 Å². The molecule has 0 amide bonds. The van der Waals surface area contributed by atoms with Crippen molar-refractivity contribution in [1.82, 2.24) is 4.90 Å². The first-order valence-electron chi connectivity index (χ1n) is 4.36. The second-order valence-corrected chi connectivity index (χ2v) is 2.56. The van der Waals surface area contributed by atoms with Crippen LogP contribution in [0.4, 0.5) is 0 Å². The summed E-state index contributed by atoms with van der Waals surface area (Å²) < 4.78 is 0. The first-order chi connectivity index (χ1) is 5.85. The van der Waals surface area contributed by atoms with Gasteiger partial charge in [-0.25, -0.2) is 0 Å². The van der Waals surface area contributed by atoms with E-state index in [4.69, 9.17) is 0 Å². The summed E-state index contributed by atoms with van der Waals surface area (Å²) in [6, 6.07) is 0. The van der Waals surface area contributed by atoms with Crippen LogP contribution in [0.5, 0.6) is 0 Å². The minimum atomic E-state index is 0.846. The van der Waals surface area contributed by atoms with E-state index in [9.17, 15) is 0 Å². The fourth-order valence-corrected chi connectivity index (χ4v) is 0.912. The minimum Gasteiger partial charge on any atom is -0.281 e. The molecule has 1 nitrogen and oxygen atoms in total. The van der Waals surface area contributed by atoms with Crippen molar-refractivity contribution < 1.29 is 0 Å². The number of hydrogen-bond acceptors (Lipinski definition) is 1. The molecule has 0 saturated carbocycles. The standard InChI is InChI=1S/C11H17N/c1-4-7-10-12(9-6-3)11-8-5-2/h6,9-11H2,1-3H3. The van der Waals surface area contributed by atoms with Gasteiger partial charge in [-0.2, -0.15) is 0 Å². The highest BCUT2D eigenvalue weighted by molar-refractivity contribution is 5.02. The molecule has 0 aliphatic rings. The van der Waals surface area contributed by atoms with Gasteiger partial charge in [-0.05, 0) is 26.8 Å². The zero-order chi connectivity index (χ0) is 9.23. The quantitative estimate of drug-likeness (QED) is 0.571. The maximum absolute atomic E-state index is 3.05. The van der Waals surface area contributed by atoms with Crippen molar-refractivity contribution in [3.63, 3.8) is 0 Å². The normalized spacial score (nSPS) is 8.33. The third-order valence-electron chi connectivity index (χ3n) is 1.50. The first-order valence-corrected chi connectivity index (χ1v) is 4.36. The predicted octanol–water partition coefficient (Wildman–Crippen LogP) is 1.75. The molecule has 0 fully saturated rings. The average molecular weight is 163 g/mol. The molecule has 0 radical (unpaired) electrons. The van der Waals surface area contributed by atoms with E-state index in [0.717, 1.165) is 26.1 Å². The summed E-state index contributed by atoms with van der Waals surface area (Å²) in [5.74, 6) is 11.9. The number of nitrogens with zero attached hydrogens (tertiary/aromatic N) is 1. The Labute approximate surface area is 76.1 Å². The van der Waals surface area contributed by atoms with Crippen LogP contribution in [0, 0.1) is 23.7 Å². The summed E-state index contributed by atoms with van der Waals surface area (Å²) in [7, 11) is 0. The Hall–Kier alpha value is -0.920. The van der Waals surface area contributed by atoms with Crippen LogP contribution < -0.4 is 0 Å². The van der Waals surface area contributed by atoms with Gasteiger partial charge in [0.1, 0.15) is 0 Å². The van der Waals surface area contributed by atoms with Crippen molar-refractivity contribution in [1.29, 1.82) is 0 Å². The lowest BCUT2D eigenvalue weighted by molar-refractivity contribution is 0.345. The number of rotatable bonds is 4. The lowest BCUT2D eigenvalue weighted by Gasteiger charge is -2.14. The molecule has 0 spiro atoms. The molecule has 0 atom stereocenters. The Bertz CT molecular complexity index is 187.